The van der Waals surface area contributed by atoms with Crippen molar-refractivity contribution < 1.29 is 14.3 Å². The quantitative estimate of drug-likeness (QED) is 0.763. The molecule has 1 N–H and O–H groups in total. The van der Waals surface area contributed by atoms with Gasteiger partial charge in [-0.25, -0.2) is 0 Å². The lowest BCUT2D eigenvalue weighted by Gasteiger charge is -2.30. The molecule has 1 aromatic heterocycles. The number of benzene rings is 1. The summed E-state index contributed by atoms with van der Waals surface area (Å²) in [6.45, 7) is 3.19. The standard InChI is InChI=1S/C20H23ClN2O3S/c1-2-3-17(20(25)23-10-8-18-14(12-23)9-11-27-18)22-19(24)13-26-16-6-4-15(21)5-7-16/h4-7,9,11,17H,2-3,8,10,12-13H2,1H3,(H,22,24). The molecule has 2 aromatic rings. The third-order valence-electron chi connectivity index (χ3n) is 4.51. The van der Waals surface area contributed by atoms with Crippen LogP contribution < -0.4 is 10.1 Å². The lowest BCUT2D eigenvalue weighted by atomic mass is 10.1. The van der Waals surface area contributed by atoms with Crippen LogP contribution in [0, 0.1) is 0 Å². The van der Waals surface area contributed by atoms with Crippen LogP contribution in [0.2, 0.25) is 5.02 Å². The van der Waals surface area contributed by atoms with E-state index in [1.165, 1.54) is 10.4 Å². The Hall–Kier alpha value is -2.05. The smallest absolute Gasteiger partial charge is 0.258 e. The van der Waals surface area contributed by atoms with Gasteiger partial charge in [0.25, 0.3) is 5.91 Å². The van der Waals surface area contributed by atoms with Crippen LogP contribution in [0.5, 0.6) is 5.75 Å². The zero-order valence-electron chi connectivity index (χ0n) is 15.2. The van der Waals surface area contributed by atoms with Crippen molar-refractivity contribution in [2.45, 2.75) is 38.8 Å². The Morgan fingerprint density at radius 3 is 2.81 bits per heavy atom. The molecule has 1 aromatic carbocycles. The number of nitrogens with zero attached hydrogens (tertiary/aromatic N) is 1. The number of carbonyl (C=O) groups excluding carboxylic acids is 2. The summed E-state index contributed by atoms with van der Waals surface area (Å²) in [5.41, 5.74) is 1.22. The fourth-order valence-electron chi connectivity index (χ4n) is 3.12. The second-order valence-corrected chi connectivity index (χ2v) is 7.97. The molecular formula is C20H23ClN2O3S. The van der Waals surface area contributed by atoms with Crippen molar-refractivity contribution >= 4 is 34.8 Å². The second-order valence-electron chi connectivity index (χ2n) is 6.53. The molecule has 2 amide bonds. The highest BCUT2D eigenvalue weighted by Crippen LogP contribution is 2.24. The van der Waals surface area contributed by atoms with Crippen LogP contribution in [-0.2, 0) is 22.6 Å². The molecule has 5 nitrogen and oxygen atoms in total. The lowest BCUT2D eigenvalue weighted by molar-refractivity contribution is -0.137. The van der Waals surface area contributed by atoms with E-state index in [9.17, 15) is 9.59 Å². The van der Waals surface area contributed by atoms with Crippen molar-refractivity contribution in [3.8, 4) is 5.75 Å². The summed E-state index contributed by atoms with van der Waals surface area (Å²) >= 11 is 7.58. The first-order valence-corrected chi connectivity index (χ1v) is 10.3. The summed E-state index contributed by atoms with van der Waals surface area (Å²) in [7, 11) is 0. The Kier molecular flexibility index (Phi) is 6.74. The van der Waals surface area contributed by atoms with Gasteiger partial charge in [-0.15, -0.1) is 11.3 Å². The van der Waals surface area contributed by atoms with Crippen molar-refractivity contribution in [2.24, 2.45) is 0 Å². The van der Waals surface area contributed by atoms with E-state index in [4.69, 9.17) is 16.3 Å². The van der Waals surface area contributed by atoms with Gasteiger partial charge in [-0.05, 0) is 54.1 Å². The number of carbonyl (C=O) groups is 2. The van der Waals surface area contributed by atoms with Crippen LogP contribution in [0.15, 0.2) is 35.7 Å². The SMILES string of the molecule is CCCC(NC(=O)COc1ccc(Cl)cc1)C(=O)N1CCc2sccc2C1. The molecule has 1 atom stereocenters. The average Bonchev–Trinajstić information content (AvgIpc) is 3.14. The van der Waals surface area contributed by atoms with Gasteiger partial charge in [0, 0.05) is 23.0 Å². The van der Waals surface area contributed by atoms with Crippen LogP contribution >= 0.6 is 22.9 Å². The molecule has 0 spiro atoms. The first-order chi connectivity index (χ1) is 13.1. The number of ether oxygens (including phenoxy) is 1. The van der Waals surface area contributed by atoms with Crippen LogP contribution in [0.4, 0.5) is 0 Å². The first kappa shape index (κ1) is 19.7. The van der Waals surface area contributed by atoms with Gasteiger partial charge in [-0.3, -0.25) is 9.59 Å². The minimum Gasteiger partial charge on any atom is -0.484 e. The van der Waals surface area contributed by atoms with Gasteiger partial charge >= 0.3 is 0 Å². The Morgan fingerprint density at radius 2 is 2.07 bits per heavy atom. The maximum absolute atomic E-state index is 12.9. The summed E-state index contributed by atoms with van der Waals surface area (Å²) in [5, 5.41) is 5.51. The minimum atomic E-state index is -0.517. The monoisotopic (exact) mass is 406 g/mol. The molecule has 27 heavy (non-hydrogen) atoms. The molecule has 144 valence electrons. The largest absolute Gasteiger partial charge is 0.484 e. The predicted octanol–water partition coefficient (Wildman–Crippen LogP) is 3.65. The zero-order chi connectivity index (χ0) is 19.2. The molecular weight excluding hydrogens is 384 g/mol. The summed E-state index contributed by atoms with van der Waals surface area (Å²) in [6.07, 6.45) is 2.30. The van der Waals surface area contributed by atoms with Gasteiger partial charge in [-0.2, -0.15) is 0 Å². The number of hydrogen-bond acceptors (Lipinski definition) is 4. The molecule has 0 saturated carbocycles. The van der Waals surface area contributed by atoms with Gasteiger partial charge in [0.2, 0.25) is 5.91 Å². The molecule has 0 radical (unpaired) electrons. The first-order valence-electron chi connectivity index (χ1n) is 9.08. The van der Waals surface area contributed by atoms with Crippen molar-refractivity contribution in [1.29, 1.82) is 0 Å². The van der Waals surface area contributed by atoms with Gasteiger partial charge in [-0.1, -0.05) is 24.9 Å². The second kappa shape index (κ2) is 9.24. The van der Waals surface area contributed by atoms with Gasteiger partial charge in [0.05, 0.1) is 0 Å². The highest BCUT2D eigenvalue weighted by atomic mass is 35.5. The molecule has 3 rings (SSSR count). The fraction of sp³-hybridized carbons (Fsp3) is 0.400. The van der Waals surface area contributed by atoms with E-state index in [1.807, 2.05) is 11.8 Å². The van der Waals surface area contributed by atoms with Crippen molar-refractivity contribution in [3.63, 3.8) is 0 Å². The van der Waals surface area contributed by atoms with E-state index in [0.29, 0.717) is 30.3 Å². The van der Waals surface area contributed by atoms with Crippen LogP contribution in [0.25, 0.3) is 0 Å². The Morgan fingerprint density at radius 1 is 1.30 bits per heavy atom. The number of fused-ring (bicyclic) bond motifs is 1. The van der Waals surface area contributed by atoms with Gasteiger partial charge in [0.1, 0.15) is 11.8 Å². The van der Waals surface area contributed by atoms with E-state index in [2.05, 4.69) is 16.8 Å². The van der Waals surface area contributed by atoms with E-state index in [0.717, 1.165) is 12.8 Å². The minimum absolute atomic E-state index is 0.0199. The van der Waals surface area contributed by atoms with Crippen LogP contribution in [0.3, 0.4) is 0 Å². The topological polar surface area (TPSA) is 58.6 Å². The summed E-state index contributed by atoms with van der Waals surface area (Å²) < 4.78 is 5.47. The summed E-state index contributed by atoms with van der Waals surface area (Å²) in [4.78, 5) is 28.4. The van der Waals surface area contributed by atoms with Crippen molar-refractivity contribution in [2.75, 3.05) is 13.2 Å². The number of nitrogens with one attached hydrogen (secondary N) is 1. The van der Waals surface area contributed by atoms with Crippen LogP contribution in [0.1, 0.15) is 30.2 Å². The Balaban J connectivity index is 1.55. The van der Waals surface area contributed by atoms with Gasteiger partial charge < -0.3 is 15.0 Å². The molecule has 0 bridgehead atoms. The highest BCUT2D eigenvalue weighted by Gasteiger charge is 2.28. The number of hydrogen-bond donors (Lipinski definition) is 1. The Labute approximate surface area is 168 Å². The highest BCUT2D eigenvalue weighted by molar-refractivity contribution is 7.10. The lowest BCUT2D eigenvalue weighted by Crippen LogP contribution is -2.50. The molecule has 1 unspecified atom stereocenters. The number of rotatable bonds is 7. The number of amides is 2. The fourth-order valence-corrected chi connectivity index (χ4v) is 4.13. The molecule has 0 fully saturated rings. The Bertz CT molecular complexity index is 791. The average molecular weight is 407 g/mol. The molecule has 0 aliphatic carbocycles. The maximum Gasteiger partial charge on any atom is 0.258 e. The van der Waals surface area contributed by atoms with Gasteiger partial charge in [0.15, 0.2) is 6.61 Å². The zero-order valence-corrected chi connectivity index (χ0v) is 16.8. The van der Waals surface area contributed by atoms with E-state index in [1.54, 1.807) is 35.6 Å². The van der Waals surface area contributed by atoms with Crippen LogP contribution in [-0.4, -0.2) is 35.9 Å². The normalized spacial score (nSPS) is 14.4. The molecule has 1 aliphatic rings. The van der Waals surface area contributed by atoms with Crippen molar-refractivity contribution in [1.82, 2.24) is 10.2 Å². The maximum atomic E-state index is 12.9. The summed E-state index contributed by atoms with van der Waals surface area (Å²) in [6, 6.07) is 8.37. The van der Waals surface area contributed by atoms with E-state index in [-0.39, 0.29) is 18.4 Å². The predicted molar refractivity (Wildman–Crippen MR) is 107 cm³/mol. The molecule has 2 heterocycles. The molecule has 0 saturated heterocycles. The van der Waals surface area contributed by atoms with Crippen molar-refractivity contribution in [3.05, 3.63) is 51.2 Å². The third-order valence-corrected chi connectivity index (χ3v) is 5.79. The molecule has 1 aliphatic heterocycles. The number of halogens is 1. The van der Waals surface area contributed by atoms with E-state index < -0.39 is 6.04 Å². The number of thiophene rings is 1. The molecule has 7 heteroatoms. The third kappa shape index (κ3) is 5.23. The van der Waals surface area contributed by atoms with E-state index >= 15 is 0 Å². The summed E-state index contributed by atoms with van der Waals surface area (Å²) in [5.74, 6) is 0.243.